The number of carbonyl (C=O) groups excluding carboxylic acids is 4. The zero-order valence-corrected chi connectivity index (χ0v) is 17.3. The number of hydrogen-bond acceptors (Lipinski definition) is 9. The zero-order chi connectivity index (χ0) is 22.3. The second kappa shape index (κ2) is 7.84. The molecule has 3 heterocycles. The molecule has 11 nitrogen and oxygen atoms in total. The summed E-state index contributed by atoms with van der Waals surface area (Å²) in [6, 6.07) is 6.72. The molecule has 0 aliphatic carbocycles. The second-order valence-electron chi connectivity index (χ2n) is 7.66. The van der Waals surface area contributed by atoms with Crippen LogP contribution in [0.15, 0.2) is 30.3 Å². The van der Waals surface area contributed by atoms with Gasteiger partial charge in [0.2, 0.25) is 11.8 Å². The van der Waals surface area contributed by atoms with E-state index in [-0.39, 0.29) is 19.4 Å². The van der Waals surface area contributed by atoms with Crippen molar-refractivity contribution in [1.82, 2.24) is 9.80 Å². The summed E-state index contributed by atoms with van der Waals surface area (Å²) >= 11 is 1.09. The summed E-state index contributed by atoms with van der Waals surface area (Å²) in [4.78, 5) is 67.6. The summed E-state index contributed by atoms with van der Waals surface area (Å²) in [5, 5.41) is 9.10. The lowest BCUT2D eigenvalue weighted by Crippen LogP contribution is -2.71. The summed E-state index contributed by atoms with van der Waals surface area (Å²) in [5.74, 6) is -2.18. The van der Waals surface area contributed by atoms with Gasteiger partial charge in [-0.1, -0.05) is 30.3 Å². The Kier molecular flexibility index (Phi) is 5.33. The van der Waals surface area contributed by atoms with Crippen LogP contribution in [0.25, 0.3) is 0 Å². The Morgan fingerprint density at radius 2 is 1.87 bits per heavy atom. The van der Waals surface area contributed by atoms with E-state index in [1.807, 2.05) is 6.07 Å². The number of thioether (sulfide) groups is 1. The number of esters is 1. The molecule has 12 heteroatoms. The maximum atomic E-state index is 13.0. The van der Waals surface area contributed by atoms with Crippen LogP contribution >= 0.6 is 11.8 Å². The van der Waals surface area contributed by atoms with Crippen molar-refractivity contribution in [1.29, 1.82) is 0 Å². The van der Waals surface area contributed by atoms with Gasteiger partial charge in [-0.15, -0.1) is 21.9 Å². The first-order valence-corrected chi connectivity index (χ1v) is 10.4. The molecule has 3 fully saturated rings. The lowest BCUT2D eigenvalue weighted by molar-refractivity contribution is -0.758. The van der Waals surface area contributed by atoms with Gasteiger partial charge in [-0.05, 0) is 12.5 Å². The highest BCUT2D eigenvalue weighted by molar-refractivity contribution is 8.01. The van der Waals surface area contributed by atoms with E-state index in [1.165, 1.54) is 4.90 Å². The molecule has 0 N–H and O–H groups in total. The smallest absolute Gasteiger partial charge is 0.330 e. The van der Waals surface area contributed by atoms with Crippen molar-refractivity contribution in [3.8, 4) is 0 Å². The highest BCUT2D eigenvalue weighted by Crippen LogP contribution is 2.53. The highest BCUT2D eigenvalue weighted by Gasteiger charge is 2.68. The first kappa shape index (κ1) is 21.1. The molecule has 3 aliphatic heterocycles. The Balaban J connectivity index is 1.56. The summed E-state index contributed by atoms with van der Waals surface area (Å²) in [7, 11) is 0. The summed E-state index contributed by atoms with van der Waals surface area (Å²) in [5.41, 5.74) is 0.738. The Morgan fingerprint density at radius 1 is 1.23 bits per heavy atom. The molecule has 3 aliphatic rings. The number of imide groups is 1. The third-order valence-corrected chi connectivity index (χ3v) is 7.18. The molecule has 0 bridgehead atoms. The SMILES string of the molecule is C[C@@]1(CO[N+](=O)[O-])S[C@H]2C(N3C(=O)CCC3=O)C(=O)N2C1C(=O)OCc1ccccc1. The van der Waals surface area contributed by atoms with Crippen LogP contribution in [0.5, 0.6) is 0 Å². The van der Waals surface area contributed by atoms with Crippen LogP contribution in [-0.4, -0.2) is 67.4 Å². The minimum atomic E-state index is -1.21. The van der Waals surface area contributed by atoms with Crippen molar-refractivity contribution in [3.63, 3.8) is 0 Å². The molecular weight excluding hydrogens is 430 g/mol. The van der Waals surface area contributed by atoms with Gasteiger partial charge >= 0.3 is 5.97 Å². The molecular formula is C19H19N3O8S. The number of amides is 3. The number of hydrogen-bond donors (Lipinski definition) is 0. The molecule has 0 spiro atoms. The van der Waals surface area contributed by atoms with Crippen molar-refractivity contribution < 1.29 is 33.8 Å². The molecule has 3 saturated heterocycles. The molecule has 0 radical (unpaired) electrons. The van der Waals surface area contributed by atoms with Gasteiger partial charge in [0.15, 0.2) is 0 Å². The largest absolute Gasteiger partial charge is 0.459 e. The van der Waals surface area contributed by atoms with Gasteiger partial charge in [0, 0.05) is 12.8 Å². The van der Waals surface area contributed by atoms with Crippen molar-refractivity contribution in [2.75, 3.05) is 6.61 Å². The summed E-state index contributed by atoms with van der Waals surface area (Å²) in [6.07, 6.45) is 0.0640. The number of rotatable bonds is 7. The van der Waals surface area contributed by atoms with E-state index < -0.39 is 57.6 Å². The van der Waals surface area contributed by atoms with Crippen LogP contribution in [0.4, 0.5) is 0 Å². The fourth-order valence-corrected chi connectivity index (χ4v) is 5.82. The van der Waals surface area contributed by atoms with E-state index in [9.17, 15) is 29.3 Å². The van der Waals surface area contributed by atoms with Gasteiger partial charge in [0.05, 0.1) is 4.75 Å². The molecule has 4 atom stereocenters. The average Bonchev–Trinajstić information content (AvgIpc) is 3.21. The van der Waals surface area contributed by atoms with Gasteiger partial charge in [0.25, 0.3) is 11.0 Å². The molecule has 4 rings (SSSR count). The van der Waals surface area contributed by atoms with Crippen LogP contribution in [0.2, 0.25) is 0 Å². The molecule has 0 aromatic heterocycles. The molecule has 1 aromatic carbocycles. The average molecular weight is 449 g/mol. The minimum absolute atomic E-state index is 0.0320. The fourth-order valence-electron chi connectivity index (χ4n) is 4.11. The predicted octanol–water partition coefficient (Wildman–Crippen LogP) is 0.498. The topological polar surface area (TPSA) is 136 Å². The quantitative estimate of drug-likeness (QED) is 0.192. The van der Waals surface area contributed by atoms with Gasteiger partial charge in [-0.25, -0.2) is 4.79 Å². The standard InChI is InChI=1S/C19H19N3O8S/c1-19(10-30-22(27)28)15(18(26)29-9-11-5-3-2-4-6-11)21-16(25)14(17(21)31-19)20-12(23)7-8-13(20)24/h2-6,14-15,17H,7-10H2,1H3/t14?,15?,17-,19-/m0/s1. The lowest BCUT2D eigenvalue weighted by Gasteiger charge is -2.46. The van der Waals surface area contributed by atoms with Gasteiger partial charge in [0.1, 0.15) is 30.7 Å². The van der Waals surface area contributed by atoms with E-state index >= 15 is 0 Å². The maximum absolute atomic E-state index is 13.0. The number of fused-ring (bicyclic) bond motifs is 1. The number of benzene rings is 1. The molecule has 3 amide bonds. The van der Waals surface area contributed by atoms with Crippen molar-refractivity contribution in [3.05, 3.63) is 46.0 Å². The zero-order valence-electron chi connectivity index (χ0n) is 16.5. The van der Waals surface area contributed by atoms with Crippen molar-refractivity contribution >= 4 is 35.5 Å². The Hall–Kier alpha value is -3.15. The van der Waals surface area contributed by atoms with Crippen LogP contribution in [0.3, 0.4) is 0 Å². The van der Waals surface area contributed by atoms with Crippen LogP contribution < -0.4 is 0 Å². The molecule has 31 heavy (non-hydrogen) atoms. The fraction of sp³-hybridized carbons (Fsp3) is 0.474. The van der Waals surface area contributed by atoms with E-state index in [2.05, 4.69) is 4.84 Å². The summed E-state index contributed by atoms with van der Waals surface area (Å²) < 4.78 is 4.19. The number of β-lactam (4-membered cyclic amide) rings is 1. The second-order valence-corrected chi connectivity index (χ2v) is 9.31. The first-order valence-electron chi connectivity index (χ1n) is 9.56. The Labute approximate surface area is 180 Å². The monoisotopic (exact) mass is 449 g/mol. The Morgan fingerprint density at radius 3 is 2.48 bits per heavy atom. The first-order chi connectivity index (χ1) is 14.7. The van der Waals surface area contributed by atoms with Crippen LogP contribution in [0, 0.1) is 10.1 Å². The molecule has 2 unspecified atom stereocenters. The lowest BCUT2D eigenvalue weighted by atomic mass is 9.94. The highest BCUT2D eigenvalue weighted by atomic mass is 32.2. The third kappa shape index (κ3) is 3.60. The van der Waals surface area contributed by atoms with Crippen LogP contribution in [-0.2, 0) is 35.4 Å². The van der Waals surface area contributed by atoms with E-state index in [0.29, 0.717) is 0 Å². The van der Waals surface area contributed by atoms with Crippen molar-refractivity contribution in [2.24, 2.45) is 0 Å². The normalized spacial score (nSPS) is 29.6. The summed E-state index contributed by atoms with van der Waals surface area (Å²) in [6.45, 7) is 1.06. The number of carbonyl (C=O) groups is 4. The van der Waals surface area contributed by atoms with Crippen LogP contribution in [0.1, 0.15) is 25.3 Å². The van der Waals surface area contributed by atoms with E-state index in [1.54, 1.807) is 31.2 Å². The Bertz CT molecular complexity index is 941. The van der Waals surface area contributed by atoms with E-state index in [0.717, 1.165) is 22.2 Å². The van der Waals surface area contributed by atoms with E-state index in [4.69, 9.17) is 4.74 Å². The molecule has 0 saturated carbocycles. The maximum Gasteiger partial charge on any atom is 0.330 e. The van der Waals surface area contributed by atoms with Gasteiger partial charge < -0.3 is 14.5 Å². The third-order valence-electron chi connectivity index (χ3n) is 5.57. The number of likely N-dealkylation sites (tertiary alicyclic amines) is 1. The minimum Gasteiger partial charge on any atom is -0.459 e. The number of nitrogens with zero attached hydrogens (tertiary/aromatic N) is 3. The van der Waals surface area contributed by atoms with Crippen molar-refractivity contribution in [2.45, 2.75) is 48.6 Å². The van der Waals surface area contributed by atoms with Gasteiger partial charge in [-0.2, -0.15) is 0 Å². The molecule has 1 aromatic rings. The van der Waals surface area contributed by atoms with Gasteiger partial charge in [-0.3, -0.25) is 19.3 Å². The predicted molar refractivity (Wildman–Crippen MR) is 104 cm³/mol. The number of ether oxygens (including phenoxy) is 1. The molecule has 164 valence electrons.